The third-order valence-electron chi connectivity index (χ3n) is 6.94. The second-order valence-corrected chi connectivity index (χ2v) is 9.25. The standard InChI is InChI=1S/C27H35N3O/c1-30(2)25(19-15-21-9-5-3-6-10-21)23-17-13-22(14-18-23)16-20-26-28-27(29-31-26)24-11-7-4-8-12-24/h3-12,22-23,25H,13-20H2,1-2H3. The fourth-order valence-electron chi connectivity index (χ4n) is 5.12. The van der Waals surface area contributed by atoms with E-state index in [1.165, 1.54) is 44.1 Å². The van der Waals surface area contributed by atoms with Gasteiger partial charge in [-0.25, -0.2) is 0 Å². The van der Waals surface area contributed by atoms with Crippen molar-refractivity contribution < 1.29 is 4.52 Å². The Bertz CT molecular complexity index is 899. The van der Waals surface area contributed by atoms with Crippen LogP contribution in [0.2, 0.25) is 0 Å². The van der Waals surface area contributed by atoms with Crippen LogP contribution in [-0.2, 0) is 12.8 Å². The van der Waals surface area contributed by atoms with Crippen LogP contribution in [0.4, 0.5) is 0 Å². The van der Waals surface area contributed by atoms with E-state index in [-0.39, 0.29) is 0 Å². The number of aromatic nitrogens is 2. The molecular weight excluding hydrogens is 382 g/mol. The van der Waals surface area contributed by atoms with Crippen molar-refractivity contribution in [2.75, 3.05) is 14.1 Å². The fourth-order valence-corrected chi connectivity index (χ4v) is 5.12. The van der Waals surface area contributed by atoms with Gasteiger partial charge in [-0.2, -0.15) is 4.98 Å². The van der Waals surface area contributed by atoms with E-state index in [9.17, 15) is 0 Å². The molecule has 4 heteroatoms. The summed E-state index contributed by atoms with van der Waals surface area (Å²) in [5.74, 6) is 3.06. The largest absolute Gasteiger partial charge is 0.339 e. The molecule has 31 heavy (non-hydrogen) atoms. The van der Waals surface area contributed by atoms with Gasteiger partial charge in [-0.3, -0.25) is 0 Å². The van der Waals surface area contributed by atoms with Gasteiger partial charge in [-0.05, 0) is 63.6 Å². The van der Waals surface area contributed by atoms with Gasteiger partial charge in [0.25, 0.3) is 0 Å². The molecule has 4 rings (SSSR count). The Labute approximate surface area is 186 Å². The van der Waals surface area contributed by atoms with E-state index in [2.05, 4.69) is 59.5 Å². The number of benzene rings is 2. The minimum Gasteiger partial charge on any atom is -0.339 e. The van der Waals surface area contributed by atoms with Crippen molar-refractivity contribution in [3.8, 4) is 11.4 Å². The second-order valence-electron chi connectivity index (χ2n) is 9.25. The van der Waals surface area contributed by atoms with Crippen LogP contribution in [0.3, 0.4) is 0 Å². The first-order chi connectivity index (χ1) is 15.2. The Kier molecular flexibility index (Phi) is 7.52. The maximum Gasteiger partial charge on any atom is 0.226 e. The van der Waals surface area contributed by atoms with E-state index in [1.807, 2.05) is 30.3 Å². The molecule has 1 atom stereocenters. The van der Waals surface area contributed by atoms with Crippen LogP contribution in [0.15, 0.2) is 65.2 Å². The van der Waals surface area contributed by atoms with Crippen molar-refractivity contribution >= 4 is 0 Å². The van der Waals surface area contributed by atoms with Crippen molar-refractivity contribution in [1.82, 2.24) is 15.0 Å². The first-order valence-electron chi connectivity index (χ1n) is 11.8. The molecule has 0 bridgehead atoms. The lowest BCUT2D eigenvalue weighted by Gasteiger charge is -2.37. The molecule has 0 amide bonds. The monoisotopic (exact) mass is 417 g/mol. The summed E-state index contributed by atoms with van der Waals surface area (Å²) < 4.78 is 5.51. The Morgan fingerprint density at radius 1 is 0.903 bits per heavy atom. The second kappa shape index (κ2) is 10.7. The molecule has 1 heterocycles. The molecule has 0 radical (unpaired) electrons. The van der Waals surface area contributed by atoms with E-state index >= 15 is 0 Å². The van der Waals surface area contributed by atoms with E-state index in [0.717, 1.165) is 36.1 Å². The van der Waals surface area contributed by atoms with Crippen molar-refractivity contribution in [1.29, 1.82) is 0 Å². The molecule has 0 saturated heterocycles. The normalized spacial score (nSPS) is 20.1. The number of hydrogen-bond donors (Lipinski definition) is 0. The average Bonchev–Trinajstić information content (AvgIpc) is 3.29. The van der Waals surface area contributed by atoms with Crippen LogP contribution < -0.4 is 0 Å². The zero-order valence-electron chi connectivity index (χ0n) is 18.9. The van der Waals surface area contributed by atoms with Crippen LogP contribution >= 0.6 is 0 Å². The molecule has 0 aliphatic heterocycles. The molecule has 1 aliphatic carbocycles. The number of nitrogens with zero attached hydrogens (tertiary/aromatic N) is 3. The zero-order valence-corrected chi connectivity index (χ0v) is 18.9. The van der Waals surface area contributed by atoms with Gasteiger partial charge in [0.15, 0.2) is 0 Å². The van der Waals surface area contributed by atoms with Gasteiger partial charge in [-0.15, -0.1) is 0 Å². The summed E-state index contributed by atoms with van der Waals surface area (Å²) in [6.45, 7) is 0. The predicted molar refractivity (Wildman–Crippen MR) is 126 cm³/mol. The minimum atomic E-state index is 0.672. The van der Waals surface area contributed by atoms with Crippen LogP contribution in [0.5, 0.6) is 0 Å². The minimum absolute atomic E-state index is 0.672. The molecule has 1 fully saturated rings. The van der Waals surface area contributed by atoms with E-state index in [4.69, 9.17) is 4.52 Å². The van der Waals surface area contributed by atoms with Crippen LogP contribution in [0.25, 0.3) is 11.4 Å². The summed E-state index contributed by atoms with van der Waals surface area (Å²) in [5, 5.41) is 4.16. The van der Waals surface area contributed by atoms with Crippen molar-refractivity contribution in [3.05, 3.63) is 72.1 Å². The van der Waals surface area contributed by atoms with Gasteiger partial charge in [0, 0.05) is 18.0 Å². The molecule has 1 aromatic heterocycles. The van der Waals surface area contributed by atoms with E-state index in [1.54, 1.807) is 0 Å². The first-order valence-corrected chi connectivity index (χ1v) is 11.8. The number of hydrogen-bond acceptors (Lipinski definition) is 4. The molecular formula is C27H35N3O. The smallest absolute Gasteiger partial charge is 0.226 e. The highest BCUT2D eigenvalue weighted by molar-refractivity contribution is 5.53. The van der Waals surface area contributed by atoms with Gasteiger partial charge in [0.2, 0.25) is 11.7 Å². The summed E-state index contributed by atoms with van der Waals surface area (Å²) in [4.78, 5) is 7.06. The summed E-state index contributed by atoms with van der Waals surface area (Å²) >= 11 is 0. The summed E-state index contributed by atoms with van der Waals surface area (Å²) in [6.07, 6.45) is 9.77. The van der Waals surface area contributed by atoms with Crippen LogP contribution in [-0.4, -0.2) is 35.2 Å². The Hall–Kier alpha value is -2.46. The zero-order chi connectivity index (χ0) is 21.5. The highest BCUT2D eigenvalue weighted by Crippen LogP contribution is 2.35. The van der Waals surface area contributed by atoms with Crippen molar-refractivity contribution in [2.45, 2.75) is 57.4 Å². The summed E-state index contributed by atoms with van der Waals surface area (Å²) in [6, 6.07) is 21.6. The number of rotatable bonds is 9. The Morgan fingerprint density at radius 2 is 1.58 bits per heavy atom. The summed E-state index contributed by atoms with van der Waals surface area (Å²) in [7, 11) is 4.50. The lowest BCUT2D eigenvalue weighted by Crippen LogP contribution is -2.37. The highest BCUT2D eigenvalue weighted by Gasteiger charge is 2.28. The molecule has 0 N–H and O–H groups in total. The molecule has 3 aromatic rings. The molecule has 2 aromatic carbocycles. The van der Waals surface area contributed by atoms with E-state index in [0.29, 0.717) is 11.9 Å². The lowest BCUT2D eigenvalue weighted by molar-refractivity contribution is 0.137. The molecule has 1 aliphatic rings. The van der Waals surface area contributed by atoms with Crippen LogP contribution in [0, 0.1) is 11.8 Å². The van der Waals surface area contributed by atoms with Gasteiger partial charge in [0.05, 0.1) is 0 Å². The molecule has 164 valence electrons. The summed E-state index contributed by atoms with van der Waals surface area (Å²) in [5.41, 5.74) is 2.47. The number of aryl methyl sites for hydroxylation is 2. The first kappa shape index (κ1) is 21.8. The average molecular weight is 418 g/mol. The van der Waals surface area contributed by atoms with Crippen molar-refractivity contribution in [2.24, 2.45) is 11.8 Å². The third-order valence-corrected chi connectivity index (χ3v) is 6.94. The van der Waals surface area contributed by atoms with Gasteiger partial charge < -0.3 is 9.42 Å². The predicted octanol–water partition coefficient (Wildman–Crippen LogP) is 6.04. The van der Waals surface area contributed by atoms with Crippen LogP contribution in [0.1, 0.15) is 50.0 Å². The Morgan fingerprint density at radius 3 is 2.26 bits per heavy atom. The van der Waals surface area contributed by atoms with Gasteiger partial charge in [0.1, 0.15) is 0 Å². The maximum absolute atomic E-state index is 5.51. The molecule has 1 unspecified atom stereocenters. The quantitative estimate of drug-likeness (QED) is 0.426. The molecule has 0 spiro atoms. The molecule has 4 nitrogen and oxygen atoms in total. The lowest BCUT2D eigenvalue weighted by atomic mass is 9.75. The van der Waals surface area contributed by atoms with E-state index < -0.39 is 0 Å². The Balaban J connectivity index is 1.24. The highest BCUT2D eigenvalue weighted by atomic mass is 16.5. The fraction of sp³-hybridized carbons (Fsp3) is 0.481. The van der Waals surface area contributed by atoms with Gasteiger partial charge in [-0.1, -0.05) is 78.7 Å². The SMILES string of the molecule is CN(C)C(CCc1ccccc1)C1CCC(CCc2nc(-c3ccccc3)no2)CC1. The van der Waals surface area contributed by atoms with Gasteiger partial charge >= 0.3 is 0 Å². The topological polar surface area (TPSA) is 42.2 Å². The van der Waals surface area contributed by atoms with Crippen molar-refractivity contribution in [3.63, 3.8) is 0 Å². The third kappa shape index (κ3) is 6.04. The molecule has 1 saturated carbocycles. The maximum atomic E-state index is 5.51.